The molecule has 0 saturated carbocycles. The molecule has 0 fully saturated rings. The lowest BCUT2D eigenvalue weighted by Gasteiger charge is -2.09. The molecular weight excluding hydrogens is 284 g/mol. The molecule has 1 aromatic carbocycles. The monoisotopic (exact) mass is 302 g/mol. The van der Waals surface area contributed by atoms with Gasteiger partial charge in [-0.15, -0.1) is 0 Å². The van der Waals surface area contributed by atoms with E-state index in [1.165, 1.54) is 18.2 Å². The van der Waals surface area contributed by atoms with Gasteiger partial charge in [-0.3, -0.25) is 10.1 Å². The highest BCUT2D eigenvalue weighted by atomic mass is 32.2. The SMILES string of the molecule is CC(CO)CCCNS(=O)(=O)c1ccccc1[N+](=O)[O-]. The lowest BCUT2D eigenvalue weighted by atomic mass is 10.1. The molecule has 0 aliphatic rings. The maximum absolute atomic E-state index is 12.0. The van der Waals surface area contributed by atoms with Crippen molar-refractivity contribution in [2.24, 2.45) is 5.92 Å². The van der Waals surface area contributed by atoms with E-state index < -0.39 is 20.6 Å². The van der Waals surface area contributed by atoms with Gasteiger partial charge in [-0.2, -0.15) is 0 Å². The Balaban J connectivity index is 2.72. The van der Waals surface area contributed by atoms with Crippen LogP contribution in [0.25, 0.3) is 0 Å². The minimum absolute atomic E-state index is 0.0525. The van der Waals surface area contributed by atoms with Gasteiger partial charge in [-0.25, -0.2) is 13.1 Å². The van der Waals surface area contributed by atoms with E-state index in [1.54, 1.807) is 0 Å². The van der Waals surface area contributed by atoms with Gasteiger partial charge in [0.2, 0.25) is 10.0 Å². The number of aliphatic hydroxyl groups is 1. The van der Waals surface area contributed by atoms with Crippen LogP contribution in [-0.4, -0.2) is 31.6 Å². The molecule has 0 heterocycles. The Bertz CT molecular complexity index is 559. The van der Waals surface area contributed by atoms with Crippen molar-refractivity contribution >= 4 is 15.7 Å². The first kappa shape index (κ1) is 16.5. The van der Waals surface area contributed by atoms with Crippen LogP contribution >= 0.6 is 0 Å². The summed E-state index contributed by atoms with van der Waals surface area (Å²) in [6.45, 7) is 2.09. The van der Waals surface area contributed by atoms with Crippen LogP contribution in [0.3, 0.4) is 0 Å². The van der Waals surface area contributed by atoms with Crippen molar-refractivity contribution in [3.63, 3.8) is 0 Å². The van der Waals surface area contributed by atoms with Gasteiger partial charge in [0.05, 0.1) is 4.92 Å². The average Bonchev–Trinajstić information content (AvgIpc) is 2.43. The quantitative estimate of drug-likeness (QED) is 0.427. The predicted octanol–water partition coefficient (Wildman–Crippen LogP) is 1.28. The van der Waals surface area contributed by atoms with Crippen LogP contribution in [0.15, 0.2) is 29.2 Å². The van der Waals surface area contributed by atoms with Gasteiger partial charge in [-0.05, 0) is 24.8 Å². The van der Waals surface area contributed by atoms with Crippen molar-refractivity contribution in [3.05, 3.63) is 34.4 Å². The van der Waals surface area contributed by atoms with Crippen LogP contribution in [0.1, 0.15) is 19.8 Å². The first-order chi connectivity index (χ1) is 9.38. The van der Waals surface area contributed by atoms with E-state index in [0.29, 0.717) is 12.8 Å². The van der Waals surface area contributed by atoms with E-state index in [9.17, 15) is 18.5 Å². The van der Waals surface area contributed by atoms with Crippen molar-refractivity contribution in [3.8, 4) is 0 Å². The summed E-state index contributed by atoms with van der Waals surface area (Å²) in [4.78, 5) is 9.76. The molecule has 112 valence electrons. The summed E-state index contributed by atoms with van der Waals surface area (Å²) in [6.07, 6.45) is 1.23. The largest absolute Gasteiger partial charge is 0.396 e. The van der Waals surface area contributed by atoms with Gasteiger partial charge >= 0.3 is 0 Å². The van der Waals surface area contributed by atoms with E-state index in [4.69, 9.17) is 5.11 Å². The third-order valence-electron chi connectivity index (χ3n) is 2.83. The second-order valence-electron chi connectivity index (χ2n) is 4.55. The Morgan fingerprint density at radius 3 is 2.65 bits per heavy atom. The Hall–Kier alpha value is -1.51. The van der Waals surface area contributed by atoms with Crippen LogP contribution in [0.2, 0.25) is 0 Å². The molecule has 2 N–H and O–H groups in total. The number of hydrogen-bond acceptors (Lipinski definition) is 5. The first-order valence-corrected chi connectivity index (χ1v) is 7.70. The van der Waals surface area contributed by atoms with E-state index in [1.807, 2.05) is 6.92 Å². The molecule has 0 radical (unpaired) electrons. The summed E-state index contributed by atoms with van der Waals surface area (Å²) in [5, 5.41) is 19.7. The Morgan fingerprint density at radius 1 is 1.40 bits per heavy atom. The highest BCUT2D eigenvalue weighted by Crippen LogP contribution is 2.22. The van der Waals surface area contributed by atoms with Crippen molar-refractivity contribution in [1.82, 2.24) is 4.72 Å². The van der Waals surface area contributed by atoms with Gasteiger partial charge in [0, 0.05) is 19.2 Å². The van der Waals surface area contributed by atoms with Crippen molar-refractivity contribution in [1.29, 1.82) is 0 Å². The summed E-state index contributed by atoms with van der Waals surface area (Å²) >= 11 is 0. The molecule has 1 aromatic rings. The van der Waals surface area contributed by atoms with Crippen molar-refractivity contribution < 1.29 is 18.4 Å². The summed E-state index contributed by atoms with van der Waals surface area (Å²) in [5.41, 5.74) is -0.441. The second kappa shape index (κ2) is 7.32. The average molecular weight is 302 g/mol. The maximum Gasteiger partial charge on any atom is 0.289 e. The number of benzene rings is 1. The van der Waals surface area contributed by atoms with Gasteiger partial charge in [-0.1, -0.05) is 19.1 Å². The first-order valence-electron chi connectivity index (χ1n) is 6.22. The second-order valence-corrected chi connectivity index (χ2v) is 6.29. The summed E-state index contributed by atoms with van der Waals surface area (Å²) < 4.78 is 26.3. The number of aliphatic hydroxyl groups excluding tert-OH is 1. The molecule has 0 amide bonds. The number of hydrogen-bond donors (Lipinski definition) is 2. The minimum atomic E-state index is -3.89. The zero-order valence-electron chi connectivity index (χ0n) is 11.2. The van der Waals surface area contributed by atoms with Crippen LogP contribution < -0.4 is 4.72 Å². The van der Waals surface area contributed by atoms with Gasteiger partial charge in [0.1, 0.15) is 0 Å². The van der Waals surface area contributed by atoms with Gasteiger partial charge in [0.25, 0.3) is 5.69 Å². The Kier molecular flexibility index (Phi) is 6.05. The number of rotatable bonds is 8. The Labute approximate surface area is 117 Å². The molecular formula is C12H18N2O5S. The number of nitro benzene ring substituents is 1. The van der Waals surface area contributed by atoms with Gasteiger partial charge < -0.3 is 5.11 Å². The van der Waals surface area contributed by atoms with Crippen LogP contribution in [-0.2, 0) is 10.0 Å². The van der Waals surface area contributed by atoms with E-state index in [0.717, 1.165) is 6.07 Å². The third-order valence-corrected chi connectivity index (χ3v) is 4.34. The fourth-order valence-electron chi connectivity index (χ4n) is 1.66. The molecule has 0 aliphatic heterocycles. The molecule has 8 heteroatoms. The number of sulfonamides is 1. The topological polar surface area (TPSA) is 110 Å². The molecule has 0 aromatic heterocycles. The van der Waals surface area contributed by atoms with E-state index >= 15 is 0 Å². The van der Waals surface area contributed by atoms with Crippen LogP contribution in [0.4, 0.5) is 5.69 Å². The molecule has 20 heavy (non-hydrogen) atoms. The fraction of sp³-hybridized carbons (Fsp3) is 0.500. The third kappa shape index (κ3) is 4.55. The van der Waals surface area contributed by atoms with E-state index in [2.05, 4.69) is 4.72 Å². The highest BCUT2D eigenvalue weighted by Gasteiger charge is 2.24. The molecule has 0 aliphatic carbocycles. The molecule has 0 saturated heterocycles. The van der Waals surface area contributed by atoms with Gasteiger partial charge in [0.15, 0.2) is 4.90 Å². The predicted molar refractivity (Wildman–Crippen MR) is 73.8 cm³/mol. The zero-order valence-corrected chi connectivity index (χ0v) is 12.0. The maximum atomic E-state index is 12.0. The number of para-hydroxylation sites is 1. The van der Waals surface area contributed by atoms with Crippen LogP contribution in [0, 0.1) is 16.0 Å². The number of nitrogens with zero attached hydrogens (tertiary/aromatic N) is 1. The molecule has 1 unspecified atom stereocenters. The summed E-state index contributed by atoms with van der Waals surface area (Å²) in [5.74, 6) is 0.102. The van der Waals surface area contributed by atoms with Crippen molar-refractivity contribution in [2.45, 2.75) is 24.7 Å². The van der Waals surface area contributed by atoms with Crippen LogP contribution in [0.5, 0.6) is 0 Å². The van der Waals surface area contributed by atoms with Crippen molar-refractivity contribution in [2.75, 3.05) is 13.2 Å². The summed E-state index contributed by atoms with van der Waals surface area (Å²) in [6, 6.07) is 5.22. The Morgan fingerprint density at radius 2 is 2.05 bits per heavy atom. The number of nitro groups is 1. The summed E-state index contributed by atoms with van der Waals surface area (Å²) in [7, 11) is -3.89. The standard InChI is InChI=1S/C12H18N2O5S/c1-10(9-15)5-4-8-13-20(18,19)12-7-3-2-6-11(12)14(16)17/h2-3,6-7,10,13,15H,4-5,8-9H2,1H3. The molecule has 1 rings (SSSR count). The molecule has 1 atom stereocenters. The smallest absolute Gasteiger partial charge is 0.289 e. The fourth-order valence-corrected chi connectivity index (χ4v) is 2.91. The molecule has 0 bridgehead atoms. The minimum Gasteiger partial charge on any atom is -0.396 e. The lowest BCUT2D eigenvalue weighted by Crippen LogP contribution is -2.26. The normalized spacial score (nSPS) is 13.1. The molecule has 7 nitrogen and oxygen atoms in total. The van der Waals surface area contributed by atoms with E-state index in [-0.39, 0.29) is 24.0 Å². The highest BCUT2D eigenvalue weighted by molar-refractivity contribution is 7.89. The zero-order chi connectivity index (χ0) is 15.2. The number of nitrogens with one attached hydrogen (secondary N) is 1. The lowest BCUT2D eigenvalue weighted by molar-refractivity contribution is -0.387. The molecule has 0 spiro atoms.